The summed E-state index contributed by atoms with van der Waals surface area (Å²) in [6.45, 7) is 30.3. The minimum absolute atomic E-state index is 0.0302. The topological polar surface area (TPSA) is 34.8 Å². The molecule has 6 nitrogen and oxygen atoms in total. The molecule has 2 aromatic heterocycles. The summed E-state index contributed by atoms with van der Waals surface area (Å²) in [5.41, 5.74) is 39.4. The zero-order chi connectivity index (χ0) is 88.3. The van der Waals surface area contributed by atoms with E-state index in [0.29, 0.717) is 0 Å². The molecule has 6 heterocycles. The van der Waals surface area contributed by atoms with Crippen molar-refractivity contribution in [3.05, 3.63) is 386 Å². The SMILES string of the molecule is CC(C)(C)c1ccc2c(c1)c1cc(C(C)(C)C)ccc1n2-c1ccc2c(c1)N(c1ccccc1-c1ccccc1)c1cc(-c3cc4c5c(c3-c3ccccc3C(C)(C)C)Oc3ccccc3B5c3cc(-c5cccc6c5C(C)(C)CCC6(C)C)ccc3O4)cc3c1B2c1ccc(-n2c4ccccc4c4ccccc42)cc1N3c1cc(-c2ccccc2)cc(-c2ccccc2)c1. The molecule has 130 heavy (non-hydrogen) atoms. The molecule has 0 fully saturated rings. The van der Waals surface area contributed by atoms with Crippen molar-refractivity contribution < 1.29 is 9.47 Å². The van der Waals surface area contributed by atoms with Gasteiger partial charge in [0.1, 0.15) is 23.0 Å². The Kier molecular flexibility index (Phi) is 17.7. The van der Waals surface area contributed by atoms with Gasteiger partial charge in [-0.15, -0.1) is 0 Å². The zero-order valence-electron chi connectivity index (χ0n) is 76.2. The first-order valence-electron chi connectivity index (χ1n) is 46.5. The van der Waals surface area contributed by atoms with Crippen LogP contribution in [0.1, 0.15) is 131 Å². The second-order valence-corrected chi connectivity index (χ2v) is 41.3. The lowest BCUT2D eigenvalue weighted by atomic mass is 9.33. The van der Waals surface area contributed by atoms with Gasteiger partial charge in [0.2, 0.25) is 0 Å². The molecule has 4 aliphatic heterocycles. The van der Waals surface area contributed by atoms with Gasteiger partial charge in [0.15, 0.2) is 0 Å². The highest BCUT2D eigenvalue weighted by atomic mass is 16.5. The first-order chi connectivity index (χ1) is 62.9. The lowest BCUT2D eigenvalue weighted by Crippen LogP contribution is -2.61. The van der Waals surface area contributed by atoms with Gasteiger partial charge in [0.25, 0.3) is 13.4 Å². The smallest absolute Gasteiger partial charge is 0.260 e. The van der Waals surface area contributed by atoms with Crippen LogP contribution in [0.15, 0.2) is 358 Å². The predicted molar refractivity (Wildman–Crippen MR) is 551 cm³/mol. The molecule has 8 heteroatoms. The molecule has 0 amide bonds. The normalized spacial score (nSPS) is 14.5. The molecule has 19 aromatic rings. The maximum absolute atomic E-state index is 8.00. The minimum atomic E-state index is -0.332. The number of hydrogen-bond acceptors (Lipinski definition) is 4. The largest absolute Gasteiger partial charge is 0.458 e. The Balaban J connectivity index is 0.847. The Labute approximate surface area is 763 Å². The van der Waals surface area contributed by atoms with Crippen LogP contribution in [0.5, 0.6) is 23.0 Å². The minimum Gasteiger partial charge on any atom is -0.458 e. The van der Waals surface area contributed by atoms with Crippen molar-refractivity contribution in [2.75, 3.05) is 9.80 Å². The van der Waals surface area contributed by atoms with Gasteiger partial charge in [-0.25, -0.2) is 0 Å². The van der Waals surface area contributed by atoms with E-state index in [9.17, 15) is 0 Å². The number of ether oxygens (including phenoxy) is 2. The van der Waals surface area contributed by atoms with E-state index in [1.54, 1.807) is 0 Å². The van der Waals surface area contributed by atoms with Crippen LogP contribution in [0.3, 0.4) is 0 Å². The summed E-state index contributed by atoms with van der Waals surface area (Å²) in [5, 5.41) is 4.90. The van der Waals surface area contributed by atoms with Crippen LogP contribution in [-0.4, -0.2) is 22.6 Å². The number of hydrogen-bond donors (Lipinski definition) is 0. The van der Waals surface area contributed by atoms with E-state index in [-0.39, 0.29) is 40.5 Å². The Bertz CT molecular complexity index is 7760. The summed E-state index contributed by atoms with van der Waals surface area (Å²) in [6.07, 6.45) is 2.24. The van der Waals surface area contributed by atoms with Gasteiger partial charge in [-0.1, -0.05) is 333 Å². The van der Waals surface area contributed by atoms with Crippen molar-refractivity contribution in [3.8, 4) is 101 Å². The fourth-order valence-electron chi connectivity index (χ4n) is 22.7. The van der Waals surface area contributed by atoms with Gasteiger partial charge in [0, 0.05) is 77.9 Å². The van der Waals surface area contributed by atoms with E-state index in [2.05, 4.69) is 467 Å². The van der Waals surface area contributed by atoms with Gasteiger partial charge < -0.3 is 28.4 Å². The highest BCUT2D eigenvalue weighted by Gasteiger charge is 2.48. The highest BCUT2D eigenvalue weighted by Crippen LogP contribution is 2.57. The van der Waals surface area contributed by atoms with Gasteiger partial charge in [-0.2, -0.15) is 0 Å². The molecule has 0 spiro atoms. The number of rotatable bonds is 10. The number of para-hydroxylation sites is 4. The van der Waals surface area contributed by atoms with Crippen LogP contribution in [0.4, 0.5) is 34.1 Å². The van der Waals surface area contributed by atoms with Crippen LogP contribution in [0, 0.1) is 0 Å². The van der Waals surface area contributed by atoms with Crippen LogP contribution in [-0.2, 0) is 27.1 Å². The molecular formula is C122H102B2N4O2. The van der Waals surface area contributed by atoms with Crippen molar-refractivity contribution >= 4 is 124 Å². The number of benzene rings is 17. The molecule has 5 aliphatic rings. The van der Waals surface area contributed by atoms with Crippen LogP contribution < -0.4 is 52.1 Å². The fourth-order valence-corrected chi connectivity index (χ4v) is 22.7. The molecule has 0 unspecified atom stereocenters. The summed E-state index contributed by atoms with van der Waals surface area (Å²) in [5.74, 6) is 3.23. The molecule has 24 rings (SSSR count). The van der Waals surface area contributed by atoms with Gasteiger partial charge in [-0.3, -0.25) is 0 Å². The first-order valence-corrected chi connectivity index (χ1v) is 46.5. The van der Waals surface area contributed by atoms with Crippen molar-refractivity contribution in [1.29, 1.82) is 0 Å². The molecule has 0 atom stereocenters. The molecule has 628 valence electrons. The van der Waals surface area contributed by atoms with E-state index in [1.165, 1.54) is 76.9 Å². The van der Waals surface area contributed by atoms with Gasteiger partial charge in [0.05, 0.1) is 27.8 Å². The fraction of sp³-hybridized carbons (Fsp3) is 0.164. The highest BCUT2D eigenvalue weighted by molar-refractivity contribution is 7.00. The Morgan fingerprint density at radius 2 is 0.785 bits per heavy atom. The summed E-state index contributed by atoms with van der Waals surface area (Å²) < 4.78 is 20.9. The Morgan fingerprint density at radius 1 is 0.277 bits per heavy atom. The third kappa shape index (κ3) is 12.4. The van der Waals surface area contributed by atoms with E-state index < -0.39 is 0 Å². The predicted octanol–water partition coefficient (Wildman–Crippen LogP) is 28.9. The molecule has 0 saturated carbocycles. The second-order valence-electron chi connectivity index (χ2n) is 41.3. The molecule has 0 radical (unpaired) electrons. The maximum Gasteiger partial charge on any atom is 0.260 e. The lowest BCUT2D eigenvalue weighted by molar-refractivity contribution is 0.333. The second kappa shape index (κ2) is 29.1. The molecule has 1 aliphatic carbocycles. The van der Waals surface area contributed by atoms with Crippen molar-refractivity contribution in [3.63, 3.8) is 0 Å². The summed E-state index contributed by atoms with van der Waals surface area (Å²) >= 11 is 0. The average molecular weight is 1680 g/mol. The maximum atomic E-state index is 8.00. The molecule has 17 aromatic carbocycles. The third-order valence-electron chi connectivity index (χ3n) is 29.3. The van der Waals surface area contributed by atoms with Crippen molar-refractivity contribution in [2.45, 2.75) is 130 Å². The monoisotopic (exact) mass is 1680 g/mol. The Morgan fingerprint density at radius 3 is 1.40 bits per heavy atom. The summed E-state index contributed by atoms with van der Waals surface area (Å²) in [7, 11) is 0. The Hall–Kier alpha value is -14.3. The van der Waals surface area contributed by atoms with E-state index in [0.717, 1.165) is 175 Å². The third-order valence-corrected chi connectivity index (χ3v) is 29.3. The van der Waals surface area contributed by atoms with Crippen LogP contribution in [0.2, 0.25) is 0 Å². The first kappa shape index (κ1) is 79.1. The summed E-state index contributed by atoms with van der Waals surface area (Å²) in [4.78, 5) is 5.32. The van der Waals surface area contributed by atoms with Crippen LogP contribution in [0.25, 0.3) is 122 Å². The number of fused-ring (bicyclic) bond motifs is 15. The van der Waals surface area contributed by atoms with Crippen LogP contribution >= 0.6 is 0 Å². The number of aromatic nitrogens is 2. The van der Waals surface area contributed by atoms with Gasteiger partial charge >= 0.3 is 0 Å². The molecule has 0 bridgehead atoms. The van der Waals surface area contributed by atoms with E-state index in [4.69, 9.17) is 9.47 Å². The quantitative estimate of drug-likeness (QED) is 0.128. The van der Waals surface area contributed by atoms with Crippen molar-refractivity contribution in [2.24, 2.45) is 0 Å². The summed E-state index contributed by atoms with van der Waals surface area (Å²) in [6, 6.07) is 136. The molecule has 0 N–H and O–H groups in total. The standard InChI is InChI=1S/C122H102B2N4O2/c1-118(2,3)82-53-59-104-93(70-82)94-71-83(119(4,5)6)54-60-105(94)126(104)85-56-58-98-107(73-85)128(101-48-29-24-40-87(101)77-38-21-16-22-39-77)109-69-81(68-108-115(109)123(98)97-57-55-84(125-102-49-30-25-41-89(102)90-42-26-31-50-103(90)125)72-106(97)127(108)86-65-79(75-34-17-14-18-35-75)64-80(66-86)76-36-19-15-20-37-76)92-74-112-116-117(113(92)91-43-23-27-45-95(91)120(7,8)9)130-110-51-32-28-47-99(110)124(116)100-67-78(52-61-111(100)129-112)88-44-33-46-96-114(88)122(12,13)63-62-121(96,10)11/h14-61,64-74H,62-63H2,1-13H3. The van der Waals surface area contributed by atoms with Gasteiger partial charge in [-0.05, 0) is 266 Å². The molecule has 0 saturated heterocycles. The number of anilines is 6. The number of nitrogens with zero attached hydrogens (tertiary/aromatic N) is 4. The van der Waals surface area contributed by atoms with E-state index in [1.807, 2.05) is 0 Å². The average Bonchev–Trinajstić information content (AvgIpc) is 0.728. The molecular weight excluding hydrogens is 1570 g/mol. The zero-order valence-corrected chi connectivity index (χ0v) is 76.2. The van der Waals surface area contributed by atoms with Crippen molar-refractivity contribution in [1.82, 2.24) is 9.13 Å². The van der Waals surface area contributed by atoms with E-state index >= 15 is 0 Å². The lowest BCUT2D eigenvalue weighted by Gasteiger charge is -2.45.